The van der Waals surface area contributed by atoms with Gasteiger partial charge in [0.05, 0.1) is 28.8 Å². The van der Waals surface area contributed by atoms with E-state index in [9.17, 15) is 20.3 Å². The number of rotatable bonds is 3. The van der Waals surface area contributed by atoms with Gasteiger partial charge in [-0.25, -0.2) is 9.97 Å². The lowest BCUT2D eigenvalue weighted by Gasteiger charge is -2.11. The Hall–Kier alpha value is -2.94. The summed E-state index contributed by atoms with van der Waals surface area (Å²) in [5.41, 5.74) is 1.76. The van der Waals surface area contributed by atoms with Crippen molar-refractivity contribution in [1.29, 1.82) is 0 Å². The van der Waals surface area contributed by atoms with Gasteiger partial charge in [0.15, 0.2) is 5.75 Å². The quantitative estimate of drug-likeness (QED) is 0.306. The normalized spacial score (nSPS) is 10.8. The predicted molar refractivity (Wildman–Crippen MR) is 89.2 cm³/mol. The van der Waals surface area contributed by atoms with Gasteiger partial charge in [-0.1, -0.05) is 0 Å². The van der Waals surface area contributed by atoms with Gasteiger partial charge in [-0.15, -0.1) is 0 Å². The molecule has 0 fully saturated rings. The van der Waals surface area contributed by atoms with Crippen molar-refractivity contribution in [2.45, 2.75) is 6.92 Å². The Morgan fingerprint density at radius 2 is 2.04 bits per heavy atom. The third-order valence-electron chi connectivity index (χ3n) is 3.43. The fourth-order valence-electron chi connectivity index (χ4n) is 2.29. The van der Waals surface area contributed by atoms with Crippen LogP contribution in [-0.2, 0) is 0 Å². The van der Waals surface area contributed by atoms with E-state index < -0.39 is 22.1 Å². The van der Waals surface area contributed by atoms with Crippen LogP contribution in [0.3, 0.4) is 0 Å². The lowest BCUT2D eigenvalue weighted by molar-refractivity contribution is -0.385. The van der Waals surface area contributed by atoms with E-state index >= 15 is 0 Å². The zero-order valence-corrected chi connectivity index (χ0v) is 13.9. The Balaban J connectivity index is 2.20. The van der Waals surface area contributed by atoms with E-state index in [1.54, 1.807) is 4.57 Å². The summed E-state index contributed by atoms with van der Waals surface area (Å²) in [7, 11) is 0. The summed E-state index contributed by atoms with van der Waals surface area (Å²) in [6, 6.07) is 6.07. The Morgan fingerprint density at radius 3 is 2.71 bits per heavy atom. The lowest BCUT2D eigenvalue weighted by atomic mass is 10.1. The van der Waals surface area contributed by atoms with E-state index in [-0.39, 0.29) is 0 Å². The molecule has 24 heavy (non-hydrogen) atoms. The average molecular weight is 391 g/mol. The van der Waals surface area contributed by atoms with Crippen molar-refractivity contribution in [3.63, 3.8) is 0 Å². The predicted octanol–water partition coefficient (Wildman–Crippen LogP) is 3.32. The van der Waals surface area contributed by atoms with Crippen molar-refractivity contribution < 1.29 is 15.1 Å². The number of phenolic OH excluding ortho intramolecular Hbond substituents is 2. The number of benzene rings is 1. The monoisotopic (exact) mass is 390 g/mol. The summed E-state index contributed by atoms with van der Waals surface area (Å²) in [5, 5.41) is 30.4. The molecule has 0 aliphatic rings. The second kappa shape index (κ2) is 5.93. The molecule has 0 aliphatic carbocycles. The molecule has 9 heteroatoms. The standard InChI is InChI=1S/C15H11BrN4O4/c1-8-2-3-10(15(16)18-8)19-7-17-6-12(19)9-4-11(20(23)24)14(22)13(21)5-9/h2-7,21-22H,1H3. The van der Waals surface area contributed by atoms with Crippen molar-refractivity contribution >= 4 is 21.6 Å². The minimum Gasteiger partial charge on any atom is -0.504 e. The van der Waals surface area contributed by atoms with Gasteiger partial charge in [0.2, 0.25) is 5.75 Å². The first-order valence-corrected chi connectivity index (χ1v) is 7.54. The van der Waals surface area contributed by atoms with Crippen LogP contribution in [0.4, 0.5) is 5.69 Å². The van der Waals surface area contributed by atoms with Crippen molar-refractivity contribution in [3.05, 3.63) is 57.2 Å². The van der Waals surface area contributed by atoms with E-state index in [1.165, 1.54) is 24.7 Å². The zero-order chi connectivity index (χ0) is 17.4. The van der Waals surface area contributed by atoms with Gasteiger partial charge in [0.1, 0.15) is 4.60 Å². The zero-order valence-electron chi connectivity index (χ0n) is 12.3. The molecule has 0 spiro atoms. The highest BCUT2D eigenvalue weighted by Gasteiger charge is 2.21. The number of nitrogens with zero attached hydrogens (tertiary/aromatic N) is 4. The van der Waals surface area contributed by atoms with Crippen LogP contribution < -0.4 is 0 Å². The molecule has 8 nitrogen and oxygen atoms in total. The lowest BCUT2D eigenvalue weighted by Crippen LogP contribution is -1.99. The Bertz CT molecular complexity index is 955. The van der Waals surface area contributed by atoms with Crippen molar-refractivity contribution in [2.75, 3.05) is 0 Å². The first-order chi connectivity index (χ1) is 11.4. The number of imidazole rings is 1. The third-order valence-corrected chi connectivity index (χ3v) is 4.01. The van der Waals surface area contributed by atoms with Gasteiger partial charge >= 0.3 is 5.69 Å². The van der Waals surface area contributed by atoms with Crippen molar-refractivity contribution in [3.8, 4) is 28.4 Å². The number of nitro benzene ring substituents is 1. The molecule has 0 unspecified atom stereocenters. The molecule has 1 aromatic carbocycles. The molecule has 0 saturated heterocycles. The van der Waals surface area contributed by atoms with E-state index in [2.05, 4.69) is 25.9 Å². The number of aromatic nitrogens is 3. The maximum Gasteiger partial charge on any atom is 0.315 e. The van der Waals surface area contributed by atoms with E-state index in [4.69, 9.17) is 0 Å². The first kappa shape index (κ1) is 15.9. The number of halogens is 1. The number of nitro groups is 1. The second-order valence-electron chi connectivity index (χ2n) is 5.03. The molecule has 2 N–H and O–H groups in total. The van der Waals surface area contributed by atoms with E-state index in [1.807, 2.05) is 19.1 Å². The molecule has 0 amide bonds. The van der Waals surface area contributed by atoms with Crippen molar-refractivity contribution in [2.24, 2.45) is 0 Å². The molecule has 0 saturated carbocycles. The SMILES string of the molecule is Cc1ccc(-n2cncc2-c2cc(O)c(O)c([N+](=O)[O-])c2)c(Br)n1. The summed E-state index contributed by atoms with van der Waals surface area (Å²) < 4.78 is 2.26. The van der Waals surface area contributed by atoms with Crippen LogP contribution in [0.25, 0.3) is 16.9 Å². The van der Waals surface area contributed by atoms with Gasteiger partial charge in [-0.3, -0.25) is 14.7 Å². The Labute approximate surface area is 144 Å². The molecule has 0 atom stereocenters. The number of aromatic hydroxyl groups is 2. The van der Waals surface area contributed by atoms with Gasteiger partial charge in [-0.2, -0.15) is 0 Å². The van der Waals surface area contributed by atoms with Gasteiger partial charge in [0.25, 0.3) is 0 Å². The van der Waals surface area contributed by atoms with Crippen LogP contribution in [0, 0.1) is 17.0 Å². The Kier molecular flexibility index (Phi) is 3.94. The molecular weight excluding hydrogens is 380 g/mol. The van der Waals surface area contributed by atoms with Crippen LogP contribution in [0.1, 0.15) is 5.69 Å². The van der Waals surface area contributed by atoms with E-state index in [0.717, 1.165) is 5.69 Å². The highest BCUT2D eigenvalue weighted by molar-refractivity contribution is 9.10. The molecule has 2 aromatic heterocycles. The molecular formula is C15H11BrN4O4. The fourth-order valence-corrected chi connectivity index (χ4v) is 2.89. The molecule has 0 bridgehead atoms. The average Bonchev–Trinajstić information content (AvgIpc) is 2.98. The van der Waals surface area contributed by atoms with Crippen molar-refractivity contribution in [1.82, 2.24) is 14.5 Å². The maximum absolute atomic E-state index is 11.0. The molecule has 3 aromatic rings. The minimum atomic E-state index is -0.770. The summed E-state index contributed by atoms with van der Waals surface area (Å²) in [6.07, 6.45) is 3.03. The topological polar surface area (TPSA) is 114 Å². The van der Waals surface area contributed by atoms with Gasteiger partial charge in [0, 0.05) is 17.3 Å². The summed E-state index contributed by atoms with van der Waals surface area (Å²) in [5.74, 6) is -1.35. The maximum atomic E-state index is 11.0. The molecule has 0 radical (unpaired) electrons. The third kappa shape index (κ3) is 2.69. The molecule has 0 aliphatic heterocycles. The summed E-state index contributed by atoms with van der Waals surface area (Å²) >= 11 is 3.38. The summed E-state index contributed by atoms with van der Waals surface area (Å²) in [4.78, 5) is 18.7. The van der Waals surface area contributed by atoms with Crippen LogP contribution in [0.15, 0.2) is 41.4 Å². The molecule has 2 heterocycles. The second-order valence-corrected chi connectivity index (χ2v) is 5.78. The highest BCUT2D eigenvalue weighted by Crippen LogP contribution is 2.40. The smallest absolute Gasteiger partial charge is 0.315 e. The molecule has 122 valence electrons. The van der Waals surface area contributed by atoms with Crippen LogP contribution in [0.5, 0.6) is 11.5 Å². The number of hydrogen-bond acceptors (Lipinski definition) is 6. The Morgan fingerprint density at radius 1 is 1.29 bits per heavy atom. The molecule has 3 rings (SSSR count). The number of pyridine rings is 1. The van der Waals surface area contributed by atoms with E-state index in [0.29, 0.717) is 21.5 Å². The number of phenols is 2. The number of aryl methyl sites for hydroxylation is 1. The highest BCUT2D eigenvalue weighted by atomic mass is 79.9. The van der Waals surface area contributed by atoms with Crippen LogP contribution >= 0.6 is 15.9 Å². The minimum absolute atomic E-state index is 0.335. The fraction of sp³-hybridized carbons (Fsp3) is 0.0667. The van der Waals surface area contributed by atoms with Crippen LogP contribution in [-0.4, -0.2) is 29.7 Å². The summed E-state index contributed by atoms with van der Waals surface area (Å²) in [6.45, 7) is 1.85. The van der Waals surface area contributed by atoms with Gasteiger partial charge in [-0.05, 0) is 41.1 Å². The van der Waals surface area contributed by atoms with Crippen LogP contribution in [0.2, 0.25) is 0 Å². The van der Waals surface area contributed by atoms with Gasteiger partial charge < -0.3 is 10.2 Å². The number of hydrogen-bond donors (Lipinski definition) is 2. The first-order valence-electron chi connectivity index (χ1n) is 6.75. The largest absolute Gasteiger partial charge is 0.504 e.